The molecule has 1 aromatic rings. The van der Waals surface area contributed by atoms with Crippen LogP contribution < -0.4 is 4.74 Å². The van der Waals surface area contributed by atoms with Gasteiger partial charge in [0, 0.05) is 0 Å². The van der Waals surface area contributed by atoms with Crippen LogP contribution in [-0.2, 0) is 6.42 Å². The SMILES string of the molecule is CN(C)CCC(O)Cc1ccc(OC(F)(F)F)cc1. The monoisotopic (exact) mass is 277 g/mol. The molecular formula is C13H18F3NO2. The largest absolute Gasteiger partial charge is 0.573 e. The smallest absolute Gasteiger partial charge is 0.406 e. The maximum Gasteiger partial charge on any atom is 0.573 e. The van der Waals surface area contributed by atoms with Crippen molar-refractivity contribution in [3.8, 4) is 5.75 Å². The van der Waals surface area contributed by atoms with E-state index in [0.717, 1.165) is 12.1 Å². The third-order valence-electron chi connectivity index (χ3n) is 2.54. The number of nitrogens with zero attached hydrogens (tertiary/aromatic N) is 1. The van der Waals surface area contributed by atoms with Gasteiger partial charge in [-0.3, -0.25) is 0 Å². The summed E-state index contributed by atoms with van der Waals surface area (Å²) >= 11 is 0. The molecule has 108 valence electrons. The van der Waals surface area contributed by atoms with Gasteiger partial charge in [0.2, 0.25) is 0 Å². The summed E-state index contributed by atoms with van der Waals surface area (Å²) in [6.45, 7) is 0.760. The standard InChI is InChI=1S/C13H18F3NO2/c1-17(2)8-7-11(18)9-10-3-5-12(6-4-10)19-13(14,15)16/h3-6,11,18H,7-9H2,1-2H3. The fourth-order valence-corrected chi connectivity index (χ4v) is 1.61. The van der Waals surface area contributed by atoms with Crippen LogP contribution in [0.3, 0.4) is 0 Å². The van der Waals surface area contributed by atoms with E-state index in [0.29, 0.717) is 12.8 Å². The van der Waals surface area contributed by atoms with Crippen LogP contribution in [0.15, 0.2) is 24.3 Å². The number of benzene rings is 1. The van der Waals surface area contributed by atoms with Gasteiger partial charge in [-0.25, -0.2) is 0 Å². The highest BCUT2D eigenvalue weighted by atomic mass is 19.4. The predicted octanol–water partition coefficient (Wildman–Crippen LogP) is 2.44. The molecule has 1 N–H and O–H groups in total. The third-order valence-corrected chi connectivity index (χ3v) is 2.54. The van der Waals surface area contributed by atoms with Crippen molar-refractivity contribution in [2.24, 2.45) is 0 Å². The molecule has 0 radical (unpaired) electrons. The maximum atomic E-state index is 12.0. The van der Waals surface area contributed by atoms with E-state index in [1.54, 1.807) is 0 Å². The molecule has 0 amide bonds. The lowest BCUT2D eigenvalue weighted by Crippen LogP contribution is -2.20. The Morgan fingerprint density at radius 1 is 1.21 bits per heavy atom. The summed E-state index contributed by atoms with van der Waals surface area (Å²) in [5.41, 5.74) is 0.779. The number of hydrogen-bond donors (Lipinski definition) is 1. The van der Waals surface area contributed by atoms with Crippen LogP contribution in [0.5, 0.6) is 5.75 Å². The second-order valence-electron chi connectivity index (χ2n) is 4.64. The lowest BCUT2D eigenvalue weighted by molar-refractivity contribution is -0.274. The normalized spacial score (nSPS) is 13.6. The molecule has 1 aromatic carbocycles. The van der Waals surface area contributed by atoms with Crippen LogP contribution in [0, 0.1) is 0 Å². The molecule has 0 saturated carbocycles. The molecule has 0 saturated heterocycles. The molecule has 0 aliphatic heterocycles. The zero-order valence-electron chi connectivity index (χ0n) is 10.9. The van der Waals surface area contributed by atoms with Gasteiger partial charge in [0.1, 0.15) is 5.75 Å². The number of aliphatic hydroxyl groups is 1. The quantitative estimate of drug-likeness (QED) is 0.867. The van der Waals surface area contributed by atoms with E-state index in [9.17, 15) is 18.3 Å². The fourth-order valence-electron chi connectivity index (χ4n) is 1.61. The number of alkyl halides is 3. The van der Waals surface area contributed by atoms with Crippen molar-refractivity contribution < 1.29 is 23.0 Å². The van der Waals surface area contributed by atoms with Crippen molar-refractivity contribution in [1.82, 2.24) is 4.90 Å². The van der Waals surface area contributed by atoms with Crippen LogP contribution >= 0.6 is 0 Å². The van der Waals surface area contributed by atoms with Gasteiger partial charge in [-0.1, -0.05) is 12.1 Å². The van der Waals surface area contributed by atoms with Crippen LogP contribution in [0.25, 0.3) is 0 Å². The number of aliphatic hydroxyl groups excluding tert-OH is 1. The lowest BCUT2D eigenvalue weighted by atomic mass is 10.1. The predicted molar refractivity (Wildman–Crippen MR) is 66.0 cm³/mol. The first-order valence-electron chi connectivity index (χ1n) is 5.94. The Kier molecular flexibility index (Phi) is 5.62. The van der Waals surface area contributed by atoms with Gasteiger partial charge < -0.3 is 14.7 Å². The first-order valence-corrected chi connectivity index (χ1v) is 5.94. The molecule has 0 heterocycles. The summed E-state index contributed by atoms with van der Waals surface area (Å²) < 4.78 is 39.7. The van der Waals surface area contributed by atoms with E-state index in [-0.39, 0.29) is 5.75 Å². The molecule has 0 aliphatic rings. The second-order valence-corrected chi connectivity index (χ2v) is 4.64. The van der Waals surface area contributed by atoms with E-state index in [4.69, 9.17) is 0 Å². The van der Waals surface area contributed by atoms with E-state index in [2.05, 4.69) is 4.74 Å². The maximum absolute atomic E-state index is 12.0. The molecular weight excluding hydrogens is 259 g/mol. The molecule has 0 bridgehead atoms. The molecule has 0 fully saturated rings. The molecule has 1 atom stereocenters. The number of ether oxygens (including phenoxy) is 1. The molecule has 0 aliphatic carbocycles. The van der Waals surface area contributed by atoms with Crippen molar-refractivity contribution in [1.29, 1.82) is 0 Å². The molecule has 1 unspecified atom stereocenters. The summed E-state index contributed by atoms with van der Waals surface area (Å²) in [6, 6.07) is 5.56. The average molecular weight is 277 g/mol. The lowest BCUT2D eigenvalue weighted by Gasteiger charge is -2.14. The van der Waals surface area contributed by atoms with Crippen molar-refractivity contribution in [2.75, 3.05) is 20.6 Å². The summed E-state index contributed by atoms with van der Waals surface area (Å²) in [6.07, 6.45) is -4.14. The van der Waals surface area contributed by atoms with E-state index in [1.165, 1.54) is 24.3 Å². The van der Waals surface area contributed by atoms with Crippen molar-refractivity contribution >= 4 is 0 Å². The van der Waals surface area contributed by atoms with Gasteiger partial charge in [-0.15, -0.1) is 13.2 Å². The minimum Gasteiger partial charge on any atom is -0.406 e. The van der Waals surface area contributed by atoms with Crippen molar-refractivity contribution in [2.45, 2.75) is 25.3 Å². The number of hydrogen-bond acceptors (Lipinski definition) is 3. The van der Waals surface area contributed by atoms with Gasteiger partial charge in [-0.05, 0) is 51.2 Å². The van der Waals surface area contributed by atoms with Crippen LogP contribution in [0.1, 0.15) is 12.0 Å². The molecule has 6 heteroatoms. The zero-order chi connectivity index (χ0) is 14.5. The topological polar surface area (TPSA) is 32.7 Å². The van der Waals surface area contributed by atoms with E-state index >= 15 is 0 Å². The Hall–Kier alpha value is -1.27. The Bertz CT molecular complexity index is 376. The Labute approximate surface area is 110 Å². The summed E-state index contributed by atoms with van der Waals surface area (Å²) in [5, 5.41) is 9.77. The van der Waals surface area contributed by atoms with Crippen molar-refractivity contribution in [3.63, 3.8) is 0 Å². The van der Waals surface area contributed by atoms with E-state index in [1.807, 2.05) is 19.0 Å². The Morgan fingerprint density at radius 2 is 1.79 bits per heavy atom. The third kappa shape index (κ3) is 7.03. The molecule has 19 heavy (non-hydrogen) atoms. The summed E-state index contributed by atoms with van der Waals surface area (Å²) in [5.74, 6) is -0.251. The van der Waals surface area contributed by atoms with Gasteiger partial charge in [-0.2, -0.15) is 0 Å². The molecule has 0 aromatic heterocycles. The summed E-state index contributed by atoms with van der Waals surface area (Å²) in [7, 11) is 3.83. The Balaban J connectivity index is 2.48. The highest BCUT2D eigenvalue weighted by Crippen LogP contribution is 2.23. The van der Waals surface area contributed by atoms with Crippen LogP contribution in [0.2, 0.25) is 0 Å². The second kappa shape index (κ2) is 6.77. The van der Waals surface area contributed by atoms with Gasteiger partial charge in [0.25, 0.3) is 0 Å². The Morgan fingerprint density at radius 3 is 2.26 bits per heavy atom. The zero-order valence-corrected chi connectivity index (χ0v) is 10.9. The first-order chi connectivity index (χ1) is 8.76. The molecule has 0 spiro atoms. The van der Waals surface area contributed by atoms with Gasteiger partial charge >= 0.3 is 6.36 Å². The number of halogens is 3. The van der Waals surface area contributed by atoms with Gasteiger partial charge in [0.05, 0.1) is 6.10 Å². The molecule has 1 rings (SSSR count). The summed E-state index contributed by atoms with van der Waals surface area (Å²) in [4.78, 5) is 1.96. The van der Waals surface area contributed by atoms with Crippen LogP contribution in [0.4, 0.5) is 13.2 Å². The van der Waals surface area contributed by atoms with Crippen LogP contribution in [-0.4, -0.2) is 43.1 Å². The molecule has 3 nitrogen and oxygen atoms in total. The fraction of sp³-hybridized carbons (Fsp3) is 0.538. The van der Waals surface area contributed by atoms with Crippen molar-refractivity contribution in [3.05, 3.63) is 29.8 Å². The minimum absolute atomic E-state index is 0.251. The number of rotatable bonds is 6. The highest BCUT2D eigenvalue weighted by Gasteiger charge is 2.30. The first kappa shape index (κ1) is 15.8. The van der Waals surface area contributed by atoms with Gasteiger partial charge in [0.15, 0.2) is 0 Å². The van der Waals surface area contributed by atoms with E-state index < -0.39 is 12.5 Å². The average Bonchev–Trinajstić information content (AvgIpc) is 2.27. The highest BCUT2D eigenvalue weighted by molar-refractivity contribution is 5.27. The minimum atomic E-state index is -4.67.